The van der Waals surface area contributed by atoms with E-state index < -0.39 is 0 Å². The van der Waals surface area contributed by atoms with Crippen LogP contribution < -0.4 is 5.32 Å². The number of unbranched alkanes of at least 4 members (excludes halogenated alkanes) is 1. The van der Waals surface area contributed by atoms with Crippen LogP contribution in [-0.2, 0) is 4.79 Å². The van der Waals surface area contributed by atoms with Crippen molar-refractivity contribution in [2.45, 2.75) is 57.7 Å². The Balaban J connectivity index is 1.74. The number of nitrogens with one attached hydrogen (secondary N) is 1. The van der Waals surface area contributed by atoms with Crippen LogP contribution in [-0.4, -0.2) is 46.8 Å². The van der Waals surface area contributed by atoms with Gasteiger partial charge in [-0.05, 0) is 51.0 Å². The van der Waals surface area contributed by atoms with Crippen molar-refractivity contribution >= 4 is 23.6 Å². The molecule has 1 saturated heterocycles. The molecule has 1 atom stereocenters. The van der Waals surface area contributed by atoms with Crippen LogP contribution in [0.3, 0.4) is 0 Å². The molecule has 1 unspecified atom stereocenters. The van der Waals surface area contributed by atoms with Gasteiger partial charge in [0.2, 0.25) is 5.91 Å². The lowest BCUT2D eigenvalue weighted by molar-refractivity contribution is -0.131. The molecule has 1 aromatic heterocycles. The van der Waals surface area contributed by atoms with Gasteiger partial charge in [0.25, 0.3) is 5.91 Å². The lowest BCUT2D eigenvalue weighted by atomic mass is 10.0. The van der Waals surface area contributed by atoms with E-state index in [9.17, 15) is 9.59 Å². The van der Waals surface area contributed by atoms with Gasteiger partial charge in [-0.15, -0.1) is 11.8 Å². The molecule has 0 radical (unpaired) electrons. The van der Waals surface area contributed by atoms with Crippen molar-refractivity contribution in [2.75, 3.05) is 18.8 Å². The molecule has 2 amide bonds. The molecule has 1 aliphatic rings. The Labute approximate surface area is 148 Å². The maximum Gasteiger partial charge on any atom is 0.287 e. The third kappa shape index (κ3) is 5.30. The SMILES string of the molecule is CCCCSC(C)C(=O)N1CCC(NC(=O)c2ccc(C)o2)CC1. The smallest absolute Gasteiger partial charge is 0.287 e. The van der Waals surface area contributed by atoms with E-state index in [-0.39, 0.29) is 23.1 Å². The molecule has 1 N–H and O–H groups in total. The molecule has 0 bridgehead atoms. The molecule has 2 heterocycles. The van der Waals surface area contributed by atoms with Crippen LogP contribution in [0.5, 0.6) is 0 Å². The van der Waals surface area contributed by atoms with E-state index >= 15 is 0 Å². The summed E-state index contributed by atoms with van der Waals surface area (Å²) < 4.78 is 5.35. The minimum Gasteiger partial charge on any atom is -0.456 e. The zero-order chi connectivity index (χ0) is 17.5. The standard InChI is InChI=1S/C18H28N2O3S/c1-4-5-12-24-14(3)18(22)20-10-8-15(9-11-20)19-17(21)16-7-6-13(2)23-16/h6-7,14-15H,4-5,8-12H2,1-3H3,(H,19,21). The topological polar surface area (TPSA) is 62.6 Å². The Morgan fingerprint density at radius 2 is 2.08 bits per heavy atom. The van der Waals surface area contributed by atoms with Crippen LogP contribution in [0.25, 0.3) is 0 Å². The molecule has 134 valence electrons. The number of carbonyl (C=O) groups excluding carboxylic acids is 2. The first-order valence-corrected chi connectivity index (χ1v) is 9.83. The molecule has 1 aliphatic heterocycles. The maximum absolute atomic E-state index is 12.4. The number of aryl methyl sites for hydroxylation is 1. The average molecular weight is 353 g/mol. The summed E-state index contributed by atoms with van der Waals surface area (Å²) in [5.41, 5.74) is 0. The molecule has 0 aromatic carbocycles. The van der Waals surface area contributed by atoms with E-state index in [1.54, 1.807) is 23.9 Å². The highest BCUT2D eigenvalue weighted by atomic mass is 32.2. The molecule has 0 spiro atoms. The predicted octanol–water partition coefficient (Wildman–Crippen LogP) is 3.23. The van der Waals surface area contributed by atoms with Crippen LogP contribution in [0.2, 0.25) is 0 Å². The van der Waals surface area contributed by atoms with E-state index in [0.717, 1.165) is 37.2 Å². The number of thioether (sulfide) groups is 1. The van der Waals surface area contributed by atoms with Crippen molar-refractivity contribution in [2.24, 2.45) is 0 Å². The summed E-state index contributed by atoms with van der Waals surface area (Å²) >= 11 is 1.74. The van der Waals surface area contributed by atoms with E-state index in [2.05, 4.69) is 12.2 Å². The number of piperidine rings is 1. The molecular weight excluding hydrogens is 324 g/mol. The molecule has 5 nitrogen and oxygen atoms in total. The van der Waals surface area contributed by atoms with Crippen molar-refractivity contribution < 1.29 is 14.0 Å². The molecule has 2 rings (SSSR count). The fourth-order valence-electron chi connectivity index (χ4n) is 2.79. The van der Waals surface area contributed by atoms with Gasteiger partial charge in [0, 0.05) is 19.1 Å². The van der Waals surface area contributed by atoms with Gasteiger partial charge in [0.15, 0.2) is 5.76 Å². The van der Waals surface area contributed by atoms with Crippen molar-refractivity contribution in [1.29, 1.82) is 0 Å². The van der Waals surface area contributed by atoms with E-state index in [4.69, 9.17) is 4.42 Å². The number of hydrogen-bond donors (Lipinski definition) is 1. The lowest BCUT2D eigenvalue weighted by Crippen LogP contribution is -2.48. The molecular formula is C18H28N2O3S. The summed E-state index contributed by atoms with van der Waals surface area (Å²) in [4.78, 5) is 26.5. The van der Waals surface area contributed by atoms with Gasteiger partial charge < -0.3 is 14.6 Å². The molecule has 1 aromatic rings. The van der Waals surface area contributed by atoms with Crippen molar-refractivity contribution in [3.63, 3.8) is 0 Å². The predicted molar refractivity (Wildman–Crippen MR) is 97.3 cm³/mol. The Bertz CT molecular complexity index is 550. The summed E-state index contributed by atoms with van der Waals surface area (Å²) in [7, 11) is 0. The highest BCUT2D eigenvalue weighted by Crippen LogP contribution is 2.19. The minimum atomic E-state index is -0.170. The van der Waals surface area contributed by atoms with Crippen molar-refractivity contribution in [1.82, 2.24) is 10.2 Å². The second kappa shape index (κ2) is 9.16. The van der Waals surface area contributed by atoms with Crippen LogP contribution >= 0.6 is 11.8 Å². The van der Waals surface area contributed by atoms with E-state index in [0.29, 0.717) is 18.8 Å². The van der Waals surface area contributed by atoms with Crippen LogP contribution in [0.1, 0.15) is 55.8 Å². The third-order valence-electron chi connectivity index (χ3n) is 4.32. The third-order valence-corrected chi connectivity index (χ3v) is 5.55. The number of rotatable bonds is 7. The number of furan rings is 1. The van der Waals surface area contributed by atoms with Crippen LogP contribution in [0.4, 0.5) is 0 Å². The van der Waals surface area contributed by atoms with Gasteiger partial charge in [0.05, 0.1) is 5.25 Å². The highest BCUT2D eigenvalue weighted by molar-refractivity contribution is 8.00. The van der Waals surface area contributed by atoms with Crippen molar-refractivity contribution in [3.05, 3.63) is 23.7 Å². The first kappa shape index (κ1) is 18.9. The first-order valence-electron chi connectivity index (χ1n) is 8.79. The van der Waals surface area contributed by atoms with Gasteiger partial charge in [-0.1, -0.05) is 13.3 Å². The summed E-state index contributed by atoms with van der Waals surface area (Å²) in [6.45, 7) is 7.39. The van der Waals surface area contributed by atoms with E-state index in [1.165, 1.54) is 0 Å². The Hall–Kier alpha value is -1.43. The van der Waals surface area contributed by atoms with Crippen molar-refractivity contribution in [3.8, 4) is 0 Å². The molecule has 0 aliphatic carbocycles. The van der Waals surface area contributed by atoms with Crippen LogP contribution in [0, 0.1) is 6.92 Å². The summed E-state index contributed by atoms with van der Waals surface area (Å²) in [6.07, 6.45) is 3.91. The maximum atomic E-state index is 12.4. The Kier molecular flexibility index (Phi) is 7.21. The monoisotopic (exact) mass is 352 g/mol. The number of carbonyl (C=O) groups is 2. The first-order chi connectivity index (χ1) is 11.5. The zero-order valence-electron chi connectivity index (χ0n) is 14.8. The van der Waals surface area contributed by atoms with Crippen LogP contribution in [0.15, 0.2) is 16.5 Å². The van der Waals surface area contributed by atoms with E-state index in [1.807, 2.05) is 18.7 Å². The summed E-state index contributed by atoms with van der Waals surface area (Å²) in [6, 6.07) is 3.58. The fraction of sp³-hybridized carbons (Fsp3) is 0.667. The lowest BCUT2D eigenvalue weighted by Gasteiger charge is -2.33. The molecule has 1 fully saturated rings. The normalized spacial score (nSPS) is 16.9. The zero-order valence-corrected chi connectivity index (χ0v) is 15.7. The summed E-state index contributed by atoms with van der Waals surface area (Å²) in [5.74, 6) is 2.18. The number of hydrogen-bond acceptors (Lipinski definition) is 4. The molecule has 0 saturated carbocycles. The molecule has 24 heavy (non-hydrogen) atoms. The van der Waals surface area contributed by atoms with Gasteiger partial charge in [-0.3, -0.25) is 9.59 Å². The molecule has 6 heteroatoms. The number of amides is 2. The minimum absolute atomic E-state index is 0.0220. The van der Waals surface area contributed by atoms with Gasteiger partial charge in [-0.25, -0.2) is 0 Å². The number of nitrogens with zero attached hydrogens (tertiary/aromatic N) is 1. The fourth-order valence-corrected chi connectivity index (χ4v) is 3.89. The Morgan fingerprint density at radius 3 is 2.67 bits per heavy atom. The van der Waals surface area contributed by atoms with Gasteiger partial charge in [-0.2, -0.15) is 0 Å². The van der Waals surface area contributed by atoms with Gasteiger partial charge in [0.1, 0.15) is 5.76 Å². The van der Waals surface area contributed by atoms with Gasteiger partial charge >= 0.3 is 0 Å². The second-order valence-corrected chi connectivity index (χ2v) is 7.80. The highest BCUT2D eigenvalue weighted by Gasteiger charge is 2.27. The average Bonchev–Trinajstić information content (AvgIpc) is 3.01. The largest absolute Gasteiger partial charge is 0.456 e. The summed E-state index contributed by atoms with van der Waals surface area (Å²) in [5, 5.41) is 3.03. The quantitative estimate of drug-likeness (QED) is 0.765. The second-order valence-electron chi connectivity index (χ2n) is 6.35. The number of likely N-dealkylation sites (tertiary alicyclic amines) is 1. The Morgan fingerprint density at radius 1 is 1.38 bits per heavy atom.